The summed E-state index contributed by atoms with van der Waals surface area (Å²) in [6.45, 7) is 11.5. The first-order valence-electron chi connectivity index (χ1n) is 11.2. The lowest BCUT2D eigenvalue weighted by Crippen LogP contribution is -2.43. The van der Waals surface area contributed by atoms with E-state index in [-0.39, 0.29) is 31.4 Å². The van der Waals surface area contributed by atoms with Crippen LogP contribution in [0.4, 0.5) is 4.79 Å². The predicted molar refractivity (Wildman–Crippen MR) is 123 cm³/mol. The van der Waals surface area contributed by atoms with Gasteiger partial charge >= 0.3 is 6.09 Å². The molecule has 0 saturated carbocycles. The van der Waals surface area contributed by atoms with Crippen LogP contribution in [0.2, 0.25) is 0 Å². The van der Waals surface area contributed by atoms with Crippen LogP contribution in [0.25, 0.3) is 0 Å². The van der Waals surface area contributed by atoms with Gasteiger partial charge in [-0.25, -0.2) is 4.79 Å². The molecule has 8 nitrogen and oxygen atoms in total. The lowest BCUT2D eigenvalue weighted by molar-refractivity contribution is -0.132. The highest BCUT2D eigenvalue weighted by Gasteiger charge is 2.23. The van der Waals surface area contributed by atoms with Gasteiger partial charge in [0.15, 0.2) is 6.61 Å². The number of likely N-dealkylation sites (tertiary alicyclic amines) is 1. The summed E-state index contributed by atoms with van der Waals surface area (Å²) in [6.07, 6.45) is 1.41. The first-order chi connectivity index (χ1) is 15.0. The van der Waals surface area contributed by atoms with Crippen LogP contribution in [0.5, 0.6) is 5.75 Å². The summed E-state index contributed by atoms with van der Waals surface area (Å²) in [5.74, 6) is 0.935. The summed E-state index contributed by atoms with van der Waals surface area (Å²) < 4.78 is 10.8. The second-order valence-electron chi connectivity index (χ2n) is 9.36. The second kappa shape index (κ2) is 11.7. The number of carbonyl (C=O) groups is 3. The Morgan fingerprint density at radius 2 is 1.78 bits per heavy atom. The molecule has 0 bridgehead atoms. The van der Waals surface area contributed by atoms with Gasteiger partial charge in [0.05, 0.1) is 0 Å². The molecule has 3 amide bonds. The summed E-state index contributed by atoms with van der Waals surface area (Å²) >= 11 is 0. The molecule has 0 unspecified atom stereocenters. The van der Waals surface area contributed by atoms with Crippen molar-refractivity contribution >= 4 is 17.9 Å². The number of amides is 3. The molecule has 1 heterocycles. The van der Waals surface area contributed by atoms with Crippen molar-refractivity contribution in [2.75, 3.05) is 32.8 Å². The molecule has 1 aliphatic rings. The van der Waals surface area contributed by atoms with Crippen LogP contribution < -0.4 is 15.4 Å². The third kappa shape index (κ3) is 9.16. The van der Waals surface area contributed by atoms with Crippen LogP contribution in [0.3, 0.4) is 0 Å². The number of hydrogen-bond donors (Lipinski definition) is 2. The normalized spacial score (nSPS) is 14.6. The second-order valence-corrected chi connectivity index (χ2v) is 9.36. The first kappa shape index (κ1) is 25.5. The van der Waals surface area contributed by atoms with Crippen molar-refractivity contribution in [3.63, 3.8) is 0 Å². The topological polar surface area (TPSA) is 97.0 Å². The predicted octanol–water partition coefficient (Wildman–Crippen LogP) is 2.95. The number of rotatable bonds is 8. The van der Waals surface area contributed by atoms with E-state index in [1.807, 2.05) is 36.9 Å². The van der Waals surface area contributed by atoms with E-state index in [0.29, 0.717) is 25.6 Å². The lowest BCUT2D eigenvalue weighted by atomic mass is 9.96. The summed E-state index contributed by atoms with van der Waals surface area (Å²) in [6, 6.07) is 5.87. The summed E-state index contributed by atoms with van der Waals surface area (Å²) in [5, 5.41) is 5.55. The van der Waals surface area contributed by atoms with Crippen molar-refractivity contribution in [3.05, 3.63) is 29.3 Å². The highest BCUT2D eigenvalue weighted by atomic mass is 16.6. The number of benzene rings is 1. The van der Waals surface area contributed by atoms with E-state index in [9.17, 15) is 14.4 Å². The maximum Gasteiger partial charge on any atom is 0.407 e. The molecular formula is C24H37N3O5. The quantitative estimate of drug-likeness (QED) is 0.639. The van der Waals surface area contributed by atoms with E-state index in [4.69, 9.17) is 9.47 Å². The fraction of sp³-hybridized carbons (Fsp3) is 0.625. The Kier molecular flexibility index (Phi) is 9.35. The first-order valence-corrected chi connectivity index (χ1v) is 11.2. The van der Waals surface area contributed by atoms with Crippen molar-refractivity contribution in [2.45, 2.75) is 59.5 Å². The summed E-state index contributed by atoms with van der Waals surface area (Å²) in [5.41, 5.74) is 1.61. The standard InChI is InChI=1S/C24H37N3O5/c1-17-6-7-20(18(2)14-17)31-16-21(28)26-15-19-9-12-27(13-10-19)22(29)8-11-25-23(30)32-24(3,4)5/h6-7,14,19H,8-13,15-16H2,1-5H3,(H,25,30)(H,26,28). The van der Waals surface area contributed by atoms with Crippen molar-refractivity contribution in [1.29, 1.82) is 0 Å². The number of alkyl carbamates (subject to hydrolysis) is 1. The molecule has 178 valence electrons. The van der Waals surface area contributed by atoms with E-state index in [1.165, 1.54) is 0 Å². The minimum atomic E-state index is -0.558. The van der Waals surface area contributed by atoms with Crippen molar-refractivity contribution in [1.82, 2.24) is 15.5 Å². The van der Waals surface area contributed by atoms with Crippen LogP contribution in [0.1, 0.15) is 51.2 Å². The monoisotopic (exact) mass is 447 g/mol. The minimum Gasteiger partial charge on any atom is -0.484 e. The molecule has 1 aromatic rings. The zero-order valence-electron chi connectivity index (χ0n) is 20.0. The van der Waals surface area contributed by atoms with Crippen LogP contribution in [-0.4, -0.2) is 61.2 Å². The number of aryl methyl sites for hydroxylation is 2. The molecule has 0 spiro atoms. The van der Waals surface area contributed by atoms with Gasteiger partial charge in [0, 0.05) is 32.6 Å². The van der Waals surface area contributed by atoms with E-state index < -0.39 is 11.7 Å². The van der Waals surface area contributed by atoms with E-state index in [2.05, 4.69) is 10.6 Å². The van der Waals surface area contributed by atoms with Gasteiger partial charge in [-0.1, -0.05) is 17.7 Å². The number of nitrogens with zero attached hydrogens (tertiary/aromatic N) is 1. The van der Waals surface area contributed by atoms with Crippen LogP contribution in [-0.2, 0) is 14.3 Å². The van der Waals surface area contributed by atoms with E-state index in [1.54, 1.807) is 20.8 Å². The molecule has 32 heavy (non-hydrogen) atoms. The number of hydrogen-bond acceptors (Lipinski definition) is 5. The SMILES string of the molecule is Cc1ccc(OCC(=O)NCC2CCN(C(=O)CCNC(=O)OC(C)(C)C)CC2)c(C)c1. The molecule has 1 fully saturated rings. The molecule has 2 rings (SSSR count). The van der Waals surface area contributed by atoms with Crippen LogP contribution >= 0.6 is 0 Å². The third-order valence-corrected chi connectivity index (χ3v) is 5.25. The molecule has 0 aromatic heterocycles. The largest absolute Gasteiger partial charge is 0.484 e. The Hall–Kier alpha value is -2.77. The maximum atomic E-state index is 12.4. The zero-order chi connectivity index (χ0) is 23.7. The van der Waals surface area contributed by atoms with E-state index in [0.717, 1.165) is 29.7 Å². The number of nitrogens with one attached hydrogen (secondary N) is 2. The highest BCUT2D eigenvalue weighted by Crippen LogP contribution is 2.19. The van der Waals surface area contributed by atoms with Crippen molar-refractivity contribution < 1.29 is 23.9 Å². The Bertz CT molecular complexity index is 795. The average molecular weight is 448 g/mol. The van der Waals surface area contributed by atoms with Gasteiger partial charge in [-0.15, -0.1) is 0 Å². The minimum absolute atomic E-state index is 0.00806. The maximum absolute atomic E-state index is 12.4. The molecule has 1 saturated heterocycles. The molecule has 8 heteroatoms. The fourth-order valence-electron chi connectivity index (χ4n) is 3.54. The molecule has 1 aliphatic heterocycles. The molecule has 2 N–H and O–H groups in total. The average Bonchev–Trinajstić information content (AvgIpc) is 2.70. The molecule has 0 radical (unpaired) electrons. The number of ether oxygens (including phenoxy) is 2. The van der Waals surface area contributed by atoms with Gasteiger partial charge in [-0.3, -0.25) is 9.59 Å². The smallest absolute Gasteiger partial charge is 0.407 e. The van der Waals surface area contributed by atoms with Gasteiger partial charge in [0.25, 0.3) is 5.91 Å². The van der Waals surface area contributed by atoms with E-state index >= 15 is 0 Å². The van der Waals surface area contributed by atoms with Gasteiger partial charge < -0.3 is 25.0 Å². The Balaban J connectivity index is 1.60. The van der Waals surface area contributed by atoms with Gasteiger partial charge in [-0.05, 0) is 65.0 Å². The molecule has 0 aliphatic carbocycles. The van der Waals surface area contributed by atoms with Crippen molar-refractivity contribution in [2.24, 2.45) is 5.92 Å². The zero-order valence-corrected chi connectivity index (χ0v) is 20.0. The molecule has 0 atom stereocenters. The Labute approximate surface area is 191 Å². The molecule has 1 aromatic carbocycles. The van der Waals surface area contributed by atoms with Crippen molar-refractivity contribution in [3.8, 4) is 5.75 Å². The Morgan fingerprint density at radius 1 is 1.09 bits per heavy atom. The Morgan fingerprint density at radius 3 is 2.41 bits per heavy atom. The fourth-order valence-corrected chi connectivity index (χ4v) is 3.54. The highest BCUT2D eigenvalue weighted by molar-refractivity contribution is 5.78. The van der Waals surface area contributed by atoms with Gasteiger partial charge in [0.1, 0.15) is 11.4 Å². The van der Waals surface area contributed by atoms with Crippen LogP contribution in [0, 0.1) is 19.8 Å². The third-order valence-electron chi connectivity index (χ3n) is 5.25. The number of carbonyl (C=O) groups excluding carboxylic acids is 3. The lowest BCUT2D eigenvalue weighted by Gasteiger charge is -2.32. The van der Waals surface area contributed by atoms with Crippen LogP contribution in [0.15, 0.2) is 18.2 Å². The summed E-state index contributed by atoms with van der Waals surface area (Å²) in [4.78, 5) is 37.9. The summed E-state index contributed by atoms with van der Waals surface area (Å²) in [7, 11) is 0. The van der Waals surface area contributed by atoms with Gasteiger partial charge in [0.2, 0.25) is 5.91 Å². The molecular weight excluding hydrogens is 410 g/mol. The van der Waals surface area contributed by atoms with Gasteiger partial charge in [-0.2, -0.15) is 0 Å². The number of piperidine rings is 1.